The normalized spacial score (nSPS) is 20.4. The smallest absolute Gasteiger partial charge is 0.410 e. The summed E-state index contributed by atoms with van der Waals surface area (Å²) in [5.74, 6) is 0. The third kappa shape index (κ3) is 5.64. The number of hydrogen-bond acceptors (Lipinski definition) is 4. The predicted molar refractivity (Wildman–Crippen MR) is 99.8 cm³/mol. The van der Waals surface area contributed by atoms with Crippen molar-refractivity contribution in [2.75, 3.05) is 13.6 Å². The molecule has 0 spiro atoms. The zero-order valence-corrected chi connectivity index (χ0v) is 16.4. The van der Waals surface area contributed by atoms with Crippen LogP contribution in [0.1, 0.15) is 46.1 Å². The second-order valence-electron chi connectivity index (χ2n) is 7.85. The second kappa shape index (κ2) is 8.43. The van der Waals surface area contributed by atoms with Crippen molar-refractivity contribution in [1.82, 2.24) is 9.80 Å². The van der Waals surface area contributed by atoms with Gasteiger partial charge < -0.3 is 19.3 Å². The lowest BCUT2D eigenvalue weighted by Gasteiger charge is -2.40. The van der Waals surface area contributed by atoms with Gasteiger partial charge in [0.25, 0.3) is 0 Å². The van der Waals surface area contributed by atoms with Crippen LogP contribution in [0.25, 0.3) is 0 Å². The number of carbonyl (C=O) groups excluding carboxylic acids is 2. The van der Waals surface area contributed by atoms with E-state index in [-0.39, 0.29) is 30.9 Å². The molecule has 0 radical (unpaired) electrons. The van der Waals surface area contributed by atoms with Crippen molar-refractivity contribution >= 4 is 12.2 Å². The summed E-state index contributed by atoms with van der Waals surface area (Å²) in [6.45, 7) is 8.39. The maximum atomic E-state index is 12.3. The van der Waals surface area contributed by atoms with Crippen molar-refractivity contribution in [2.45, 2.75) is 64.8 Å². The molecule has 1 aromatic carbocycles. The van der Waals surface area contributed by atoms with Gasteiger partial charge in [-0.15, -0.1) is 0 Å². The minimum atomic E-state index is -0.508. The number of benzene rings is 1. The first-order chi connectivity index (χ1) is 12.2. The molecule has 1 aromatic rings. The summed E-state index contributed by atoms with van der Waals surface area (Å²) in [6.07, 6.45) is 0.783. The number of ether oxygens (including phenoxy) is 2. The summed E-state index contributed by atoms with van der Waals surface area (Å²) in [5, 5.41) is 0. The third-order valence-electron chi connectivity index (χ3n) is 4.52. The minimum absolute atomic E-state index is 0.00738. The summed E-state index contributed by atoms with van der Waals surface area (Å²) in [7, 11) is 1.76. The molecule has 1 aliphatic heterocycles. The van der Waals surface area contributed by atoms with E-state index < -0.39 is 5.60 Å². The number of rotatable bonds is 3. The van der Waals surface area contributed by atoms with E-state index in [4.69, 9.17) is 9.47 Å². The number of hydrogen-bond donors (Lipinski definition) is 0. The fourth-order valence-corrected chi connectivity index (χ4v) is 3.06. The highest BCUT2D eigenvalue weighted by atomic mass is 16.6. The van der Waals surface area contributed by atoms with Gasteiger partial charge in [0.05, 0.1) is 0 Å². The zero-order chi connectivity index (χ0) is 19.3. The van der Waals surface area contributed by atoms with Crippen LogP contribution < -0.4 is 0 Å². The van der Waals surface area contributed by atoms with Crippen LogP contribution in [0.2, 0.25) is 0 Å². The Morgan fingerprint density at radius 3 is 2.46 bits per heavy atom. The first kappa shape index (κ1) is 20.1. The number of nitrogens with zero attached hydrogens (tertiary/aromatic N) is 2. The molecular weight excluding hydrogens is 332 g/mol. The number of amides is 2. The Labute approximate surface area is 156 Å². The summed E-state index contributed by atoms with van der Waals surface area (Å²) in [6, 6.07) is 9.67. The number of carbonyl (C=O) groups is 2. The predicted octanol–water partition coefficient (Wildman–Crippen LogP) is 4.04. The van der Waals surface area contributed by atoms with Crippen molar-refractivity contribution in [3.05, 3.63) is 35.9 Å². The molecule has 0 bridgehead atoms. The molecule has 2 amide bonds. The molecule has 0 saturated carbocycles. The molecule has 1 saturated heterocycles. The standard InChI is InChI=1S/C20H30N2O4/c1-15-13-17(11-12-22(15)19(24)26-20(2,3)4)21(5)18(23)25-14-16-9-7-6-8-10-16/h6-10,15,17H,11-14H2,1-5H3/t15-,17-/m0/s1. The van der Waals surface area contributed by atoms with Gasteiger partial charge in [-0.05, 0) is 46.1 Å². The lowest BCUT2D eigenvalue weighted by molar-refractivity contribution is 0.00287. The second-order valence-corrected chi connectivity index (χ2v) is 7.85. The van der Waals surface area contributed by atoms with Gasteiger partial charge >= 0.3 is 12.2 Å². The summed E-state index contributed by atoms with van der Waals surface area (Å²) in [4.78, 5) is 28.0. The Kier molecular flexibility index (Phi) is 6.51. The van der Waals surface area contributed by atoms with Gasteiger partial charge in [0, 0.05) is 25.7 Å². The van der Waals surface area contributed by atoms with Gasteiger partial charge in [0.2, 0.25) is 0 Å². The molecule has 1 aliphatic rings. The highest BCUT2D eigenvalue weighted by Gasteiger charge is 2.34. The molecule has 1 fully saturated rings. The lowest BCUT2D eigenvalue weighted by atomic mass is 9.98. The van der Waals surface area contributed by atoms with E-state index in [1.54, 1.807) is 16.8 Å². The van der Waals surface area contributed by atoms with E-state index in [2.05, 4.69) is 0 Å². The summed E-state index contributed by atoms with van der Waals surface area (Å²) < 4.78 is 10.9. The highest BCUT2D eigenvalue weighted by molar-refractivity contribution is 5.69. The Bertz CT molecular complexity index is 612. The van der Waals surface area contributed by atoms with Gasteiger partial charge in [0.1, 0.15) is 12.2 Å². The van der Waals surface area contributed by atoms with E-state index in [1.807, 2.05) is 58.0 Å². The number of piperidine rings is 1. The SMILES string of the molecule is C[C@H]1C[C@@H](N(C)C(=O)OCc2ccccc2)CCN1C(=O)OC(C)(C)C. The molecule has 0 unspecified atom stereocenters. The van der Waals surface area contributed by atoms with Gasteiger partial charge in [0.15, 0.2) is 0 Å². The average molecular weight is 362 g/mol. The molecule has 6 nitrogen and oxygen atoms in total. The van der Waals surface area contributed by atoms with Crippen LogP contribution in [0.3, 0.4) is 0 Å². The maximum Gasteiger partial charge on any atom is 0.410 e. The molecule has 0 aliphatic carbocycles. The maximum absolute atomic E-state index is 12.3. The first-order valence-corrected chi connectivity index (χ1v) is 9.10. The molecule has 2 atom stereocenters. The van der Waals surface area contributed by atoms with Crippen LogP contribution in [0.4, 0.5) is 9.59 Å². The van der Waals surface area contributed by atoms with Crippen molar-refractivity contribution in [3.63, 3.8) is 0 Å². The topological polar surface area (TPSA) is 59.1 Å². The van der Waals surface area contributed by atoms with Crippen LogP contribution >= 0.6 is 0 Å². The Balaban J connectivity index is 1.85. The minimum Gasteiger partial charge on any atom is -0.445 e. The summed E-state index contributed by atoms with van der Waals surface area (Å²) >= 11 is 0. The molecule has 1 heterocycles. The first-order valence-electron chi connectivity index (χ1n) is 9.10. The van der Waals surface area contributed by atoms with Crippen molar-refractivity contribution in [1.29, 1.82) is 0 Å². The van der Waals surface area contributed by atoms with Crippen LogP contribution in [-0.4, -0.2) is 53.3 Å². The highest BCUT2D eigenvalue weighted by Crippen LogP contribution is 2.24. The van der Waals surface area contributed by atoms with E-state index in [0.29, 0.717) is 19.4 Å². The Hall–Kier alpha value is -2.24. The van der Waals surface area contributed by atoms with E-state index in [0.717, 1.165) is 5.56 Å². The lowest BCUT2D eigenvalue weighted by Crippen LogP contribution is -2.52. The van der Waals surface area contributed by atoms with Gasteiger partial charge in [-0.25, -0.2) is 9.59 Å². The summed E-state index contributed by atoms with van der Waals surface area (Å²) in [5.41, 5.74) is 0.452. The molecule has 0 aromatic heterocycles. The van der Waals surface area contributed by atoms with Gasteiger partial charge in [-0.2, -0.15) is 0 Å². The van der Waals surface area contributed by atoms with Crippen LogP contribution in [0, 0.1) is 0 Å². The fraction of sp³-hybridized carbons (Fsp3) is 0.600. The molecular formula is C20H30N2O4. The van der Waals surface area contributed by atoms with Crippen LogP contribution in [0.15, 0.2) is 30.3 Å². The Morgan fingerprint density at radius 2 is 1.88 bits per heavy atom. The molecule has 144 valence electrons. The molecule has 2 rings (SSSR count). The monoisotopic (exact) mass is 362 g/mol. The van der Waals surface area contributed by atoms with Gasteiger partial charge in [-0.3, -0.25) is 0 Å². The largest absolute Gasteiger partial charge is 0.445 e. The molecule has 0 N–H and O–H groups in total. The van der Waals surface area contributed by atoms with Crippen LogP contribution in [0.5, 0.6) is 0 Å². The van der Waals surface area contributed by atoms with E-state index in [9.17, 15) is 9.59 Å². The number of likely N-dealkylation sites (tertiary alicyclic amines) is 1. The zero-order valence-electron chi connectivity index (χ0n) is 16.4. The van der Waals surface area contributed by atoms with E-state index in [1.165, 1.54) is 0 Å². The van der Waals surface area contributed by atoms with Gasteiger partial charge in [-0.1, -0.05) is 30.3 Å². The van der Waals surface area contributed by atoms with Crippen LogP contribution in [-0.2, 0) is 16.1 Å². The average Bonchev–Trinajstić information content (AvgIpc) is 2.58. The molecule has 26 heavy (non-hydrogen) atoms. The third-order valence-corrected chi connectivity index (χ3v) is 4.52. The van der Waals surface area contributed by atoms with Crippen molar-refractivity contribution in [2.24, 2.45) is 0 Å². The Morgan fingerprint density at radius 1 is 1.23 bits per heavy atom. The fourth-order valence-electron chi connectivity index (χ4n) is 3.06. The van der Waals surface area contributed by atoms with Crippen molar-refractivity contribution < 1.29 is 19.1 Å². The van der Waals surface area contributed by atoms with E-state index >= 15 is 0 Å². The quantitative estimate of drug-likeness (QED) is 0.814. The molecule has 6 heteroatoms. The van der Waals surface area contributed by atoms with Crippen molar-refractivity contribution in [3.8, 4) is 0 Å².